The molecular formula is C27H23FN2O3. The molecule has 0 saturated heterocycles. The zero-order valence-corrected chi connectivity index (χ0v) is 18.4. The van der Waals surface area contributed by atoms with Gasteiger partial charge in [0.2, 0.25) is 5.78 Å². The van der Waals surface area contributed by atoms with E-state index in [1.807, 2.05) is 48.7 Å². The number of Topliss-reactive ketones (excluding diaryl/α,β-unsaturated/α-hetero) is 1. The minimum atomic E-state index is -0.601. The number of aromatic nitrogens is 2. The van der Waals surface area contributed by atoms with Crippen LogP contribution in [0.15, 0.2) is 72.9 Å². The molecule has 0 spiro atoms. The zero-order chi connectivity index (χ0) is 23.4. The van der Waals surface area contributed by atoms with Crippen LogP contribution in [0.2, 0.25) is 0 Å². The van der Waals surface area contributed by atoms with E-state index in [0.717, 1.165) is 33.4 Å². The molecule has 4 aromatic rings. The Morgan fingerprint density at radius 3 is 2.61 bits per heavy atom. The van der Waals surface area contributed by atoms with Gasteiger partial charge in [0.1, 0.15) is 5.82 Å². The van der Waals surface area contributed by atoms with Crippen LogP contribution in [0.4, 0.5) is 4.39 Å². The van der Waals surface area contributed by atoms with Gasteiger partial charge in [0.25, 0.3) is 0 Å². The molecule has 0 aliphatic rings. The molecule has 0 saturated carbocycles. The number of aryl methyl sites for hydroxylation is 1. The van der Waals surface area contributed by atoms with Crippen molar-refractivity contribution in [3.63, 3.8) is 0 Å². The number of carbonyl (C=O) groups is 2. The number of hydrogen-bond acceptors (Lipinski definition) is 4. The highest BCUT2D eigenvalue weighted by Crippen LogP contribution is 2.19. The number of hydrogen-bond donors (Lipinski definition) is 0. The van der Waals surface area contributed by atoms with Crippen LogP contribution in [0.3, 0.4) is 0 Å². The van der Waals surface area contributed by atoms with Crippen molar-refractivity contribution < 1.29 is 18.7 Å². The fourth-order valence-corrected chi connectivity index (χ4v) is 3.78. The third-order valence-electron chi connectivity index (χ3n) is 5.54. The molecule has 166 valence electrons. The third kappa shape index (κ3) is 5.06. The highest BCUT2D eigenvalue weighted by Gasteiger charge is 2.17. The topological polar surface area (TPSA) is 61.2 Å². The molecule has 2 aromatic heterocycles. The number of pyridine rings is 1. The first-order valence-electron chi connectivity index (χ1n) is 10.6. The van der Waals surface area contributed by atoms with Gasteiger partial charge in [-0.1, -0.05) is 36.4 Å². The van der Waals surface area contributed by atoms with E-state index in [9.17, 15) is 14.0 Å². The van der Waals surface area contributed by atoms with E-state index in [0.29, 0.717) is 12.1 Å². The van der Waals surface area contributed by atoms with E-state index in [4.69, 9.17) is 4.74 Å². The van der Waals surface area contributed by atoms with Gasteiger partial charge in [0, 0.05) is 46.7 Å². The molecule has 4 rings (SSSR count). The van der Waals surface area contributed by atoms with Gasteiger partial charge in [-0.15, -0.1) is 0 Å². The summed E-state index contributed by atoms with van der Waals surface area (Å²) in [5, 5.41) is 0.971. The van der Waals surface area contributed by atoms with Gasteiger partial charge in [0.15, 0.2) is 6.61 Å². The lowest BCUT2D eigenvalue weighted by atomic mass is 10.1. The molecule has 2 aromatic carbocycles. The van der Waals surface area contributed by atoms with Crippen LogP contribution >= 0.6 is 0 Å². The van der Waals surface area contributed by atoms with Crippen LogP contribution in [-0.4, -0.2) is 27.9 Å². The minimum Gasteiger partial charge on any atom is -0.454 e. The Labute approximate surface area is 191 Å². The Hall–Kier alpha value is -4.06. The maximum atomic E-state index is 13.2. The maximum absolute atomic E-state index is 13.2. The number of carbonyl (C=O) groups excluding carboxylic acids is 2. The number of fused-ring (bicyclic) bond motifs is 1. The standard InChI is InChI=1S/C27H23FN2O3/c1-18-15-24(19(2)30(18)16-20-8-11-23(28)12-9-20)25(31)17-33-26(32)13-10-22-6-3-5-21-7-4-14-29-27(21)22/h3-15H,16-17H2,1-2H3/b13-10+. The molecule has 2 heterocycles. The largest absolute Gasteiger partial charge is 0.454 e. The van der Waals surface area contributed by atoms with E-state index in [1.165, 1.54) is 18.2 Å². The first-order valence-corrected chi connectivity index (χ1v) is 10.6. The molecular weight excluding hydrogens is 419 g/mol. The molecule has 0 N–H and O–H groups in total. The van der Waals surface area contributed by atoms with Gasteiger partial charge in [-0.25, -0.2) is 9.18 Å². The van der Waals surface area contributed by atoms with Crippen molar-refractivity contribution in [1.82, 2.24) is 9.55 Å². The van der Waals surface area contributed by atoms with E-state index < -0.39 is 5.97 Å². The average Bonchev–Trinajstić information content (AvgIpc) is 3.11. The second-order valence-corrected chi connectivity index (χ2v) is 7.78. The molecule has 33 heavy (non-hydrogen) atoms. The summed E-state index contributed by atoms with van der Waals surface area (Å²) in [6.07, 6.45) is 4.63. The molecule has 0 unspecified atom stereocenters. The van der Waals surface area contributed by atoms with Crippen LogP contribution in [0.1, 0.15) is 32.9 Å². The van der Waals surface area contributed by atoms with Gasteiger partial charge >= 0.3 is 5.97 Å². The van der Waals surface area contributed by atoms with E-state index in [-0.39, 0.29) is 18.2 Å². The molecule has 0 amide bonds. The highest BCUT2D eigenvalue weighted by atomic mass is 19.1. The molecule has 0 fully saturated rings. The van der Waals surface area contributed by atoms with Crippen molar-refractivity contribution in [2.24, 2.45) is 0 Å². The SMILES string of the molecule is Cc1cc(C(=O)COC(=O)/C=C/c2cccc3cccnc23)c(C)n1Cc1ccc(F)cc1. The Morgan fingerprint density at radius 2 is 1.82 bits per heavy atom. The van der Waals surface area contributed by atoms with Crippen molar-refractivity contribution in [3.8, 4) is 0 Å². The number of rotatable bonds is 7. The monoisotopic (exact) mass is 442 g/mol. The van der Waals surface area contributed by atoms with E-state index >= 15 is 0 Å². The van der Waals surface area contributed by atoms with Gasteiger partial charge in [-0.2, -0.15) is 0 Å². The zero-order valence-electron chi connectivity index (χ0n) is 18.4. The fraction of sp³-hybridized carbons (Fsp3) is 0.148. The van der Waals surface area contributed by atoms with Crippen LogP contribution in [0, 0.1) is 19.7 Å². The normalized spacial score (nSPS) is 11.2. The molecule has 0 aliphatic carbocycles. The number of para-hydroxylation sites is 1. The first-order chi connectivity index (χ1) is 15.9. The predicted octanol–water partition coefficient (Wildman–Crippen LogP) is 5.28. The van der Waals surface area contributed by atoms with Crippen LogP contribution in [0.5, 0.6) is 0 Å². The predicted molar refractivity (Wildman–Crippen MR) is 125 cm³/mol. The first kappa shape index (κ1) is 22.1. The van der Waals surface area contributed by atoms with Crippen molar-refractivity contribution >= 4 is 28.7 Å². The second-order valence-electron chi connectivity index (χ2n) is 7.78. The number of nitrogens with zero attached hydrogens (tertiary/aromatic N) is 2. The number of esters is 1. The fourth-order valence-electron chi connectivity index (χ4n) is 3.78. The summed E-state index contributed by atoms with van der Waals surface area (Å²) in [6, 6.07) is 17.5. The van der Waals surface area contributed by atoms with Gasteiger partial charge in [-0.3, -0.25) is 9.78 Å². The third-order valence-corrected chi connectivity index (χ3v) is 5.54. The van der Waals surface area contributed by atoms with Crippen molar-refractivity contribution in [1.29, 1.82) is 0 Å². The number of ketones is 1. The summed E-state index contributed by atoms with van der Waals surface area (Å²) < 4.78 is 20.3. The average molecular weight is 442 g/mol. The highest BCUT2D eigenvalue weighted by molar-refractivity contribution is 6.00. The summed E-state index contributed by atoms with van der Waals surface area (Å²) in [7, 11) is 0. The number of benzene rings is 2. The molecule has 0 bridgehead atoms. The van der Waals surface area contributed by atoms with Gasteiger partial charge in [-0.05, 0) is 49.8 Å². The summed E-state index contributed by atoms with van der Waals surface area (Å²) in [5.41, 5.74) is 4.68. The number of ether oxygens (including phenoxy) is 1. The second kappa shape index (κ2) is 9.61. The Morgan fingerprint density at radius 1 is 1.06 bits per heavy atom. The lowest BCUT2D eigenvalue weighted by Crippen LogP contribution is -2.14. The van der Waals surface area contributed by atoms with E-state index in [2.05, 4.69) is 4.98 Å². The minimum absolute atomic E-state index is 0.276. The summed E-state index contributed by atoms with van der Waals surface area (Å²) in [6.45, 7) is 3.92. The molecule has 0 radical (unpaired) electrons. The molecule has 0 aliphatic heterocycles. The lowest BCUT2D eigenvalue weighted by Gasteiger charge is -2.10. The Kier molecular flexibility index (Phi) is 6.45. The number of halogens is 1. The Balaban J connectivity index is 1.40. The van der Waals surface area contributed by atoms with Crippen molar-refractivity contribution in [3.05, 3.63) is 107 Å². The van der Waals surface area contributed by atoms with Crippen LogP contribution in [-0.2, 0) is 16.1 Å². The quantitative estimate of drug-likeness (QED) is 0.222. The maximum Gasteiger partial charge on any atom is 0.331 e. The van der Waals surface area contributed by atoms with Crippen LogP contribution in [0.25, 0.3) is 17.0 Å². The van der Waals surface area contributed by atoms with Gasteiger partial charge in [0.05, 0.1) is 5.52 Å². The summed E-state index contributed by atoms with van der Waals surface area (Å²) >= 11 is 0. The van der Waals surface area contributed by atoms with Crippen molar-refractivity contribution in [2.45, 2.75) is 20.4 Å². The molecule has 0 atom stereocenters. The Bertz CT molecular complexity index is 1350. The lowest BCUT2D eigenvalue weighted by molar-refractivity contribution is -0.136. The molecule has 6 heteroatoms. The molecule has 5 nitrogen and oxygen atoms in total. The van der Waals surface area contributed by atoms with E-state index in [1.54, 1.807) is 30.5 Å². The van der Waals surface area contributed by atoms with Crippen LogP contribution < -0.4 is 0 Å². The van der Waals surface area contributed by atoms with Crippen molar-refractivity contribution in [2.75, 3.05) is 6.61 Å². The smallest absolute Gasteiger partial charge is 0.331 e. The van der Waals surface area contributed by atoms with Gasteiger partial charge < -0.3 is 9.30 Å². The summed E-state index contributed by atoms with van der Waals surface area (Å²) in [5.74, 6) is -1.17. The summed E-state index contributed by atoms with van der Waals surface area (Å²) in [4.78, 5) is 29.3.